The van der Waals surface area contributed by atoms with E-state index in [1.54, 1.807) is 51.5 Å². The molecule has 5 rings (SSSR count). The van der Waals surface area contributed by atoms with Gasteiger partial charge in [-0.3, -0.25) is 4.79 Å². The van der Waals surface area contributed by atoms with Gasteiger partial charge in [-0.05, 0) is 110 Å². The van der Waals surface area contributed by atoms with Crippen molar-refractivity contribution >= 4 is 49.1 Å². The van der Waals surface area contributed by atoms with Crippen molar-refractivity contribution in [2.75, 3.05) is 25.3 Å². The molecule has 210 valence electrons. The first kappa shape index (κ1) is 29.8. The number of carbonyl (C=O) groups is 1. The molecule has 4 aromatic carbocycles. The molecule has 0 aliphatic rings. The van der Waals surface area contributed by atoms with Crippen molar-refractivity contribution in [1.82, 2.24) is 10.1 Å². The Labute approximate surface area is 255 Å². The number of hydrogen-bond acceptors (Lipinski definition) is 7. The second-order valence-corrected chi connectivity index (χ2v) is 10.7. The summed E-state index contributed by atoms with van der Waals surface area (Å²) in [6.07, 6.45) is 0. The Hall–Kier alpha value is -4.15. The van der Waals surface area contributed by atoms with E-state index in [0.717, 1.165) is 42.6 Å². The third-order valence-electron chi connectivity index (χ3n) is 6.06. The first-order valence-corrected chi connectivity index (χ1v) is 14.0. The Morgan fingerprint density at radius 1 is 0.829 bits per heavy atom. The molecule has 41 heavy (non-hydrogen) atoms. The molecule has 3 N–H and O–H groups in total. The summed E-state index contributed by atoms with van der Waals surface area (Å²) in [4.78, 5) is 16.9. The molecule has 1 amide bonds. The highest BCUT2D eigenvalue weighted by atomic mass is 79.9. The van der Waals surface area contributed by atoms with Crippen LogP contribution in [-0.4, -0.2) is 30.3 Å². The number of carbonyl (C=O) groups excluding carboxylic acids is 1. The number of nitrogens with two attached hydrogens (primary N) is 1. The lowest BCUT2D eigenvalue weighted by atomic mass is 9.97. The second-order valence-electron chi connectivity index (χ2n) is 8.94. The predicted molar refractivity (Wildman–Crippen MR) is 168 cm³/mol. The number of halogens is 2. The summed E-state index contributed by atoms with van der Waals surface area (Å²) in [5, 5.41) is 6.87. The van der Waals surface area contributed by atoms with Gasteiger partial charge in [0.2, 0.25) is 11.7 Å². The van der Waals surface area contributed by atoms with E-state index in [1.807, 2.05) is 55.5 Å². The molecule has 0 unspecified atom stereocenters. The Kier molecular flexibility index (Phi) is 9.80. The fourth-order valence-electron chi connectivity index (χ4n) is 3.97. The summed E-state index contributed by atoms with van der Waals surface area (Å²) in [5.74, 6) is 2.44. The number of nitrogens with zero attached hydrogens (tertiary/aromatic N) is 2. The highest BCUT2D eigenvalue weighted by molar-refractivity contribution is 9.11. The topological polar surface area (TPSA) is 113 Å². The van der Waals surface area contributed by atoms with Crippen LogP contribution in [0.5, 0.6) is 11.5 Å². The van der Waals surface area contributed by atoms with Crippen LogP contribution in [0.3, 0.4) is 0 Å². The molecule has 0 spiro atoms. The molecule has 0 saturated heterocycles. The molecule has 0 aliphatic heterocycles. The number of anilines is 2. The van der Waals surface area contributed by atoms with E-state index in [1.165, 1.54) is 0 Å². The van der Waals surface area contributed by atoms with Crippen LogP contribution in [0.15, 0.2) is 92.3 Å². The SMILES string of the molecule is COc1ccc(N)cc1Br.COc1ccc(NC(=O)c2ccc(-c3ccc(-c4noc(C)n4)cc3C)cc2)cc1Br. The van der Waals surface area contributed by atoms with Gasteiger partial charge in [0.25, 0.3) is 5.91 Å². The average Bonchev–Trinajstić information content (AvgIpc) is 3.40. The summed E-state index contributed by atoms with van der Waals surface area (Å²) >= 11 is 6.73. The summed E-state index contributed by atoms with van der Waals surface area (Å²) in [6.45, 7) is 3.80. The molecular formula is C31H28Br2N4O4. The Morgan fingerprint density at radius 2 is 1.46 bits per heavy atom. The largest absolute Gasteiger partial charge is 0.496 e. The number of rotatable bonds is 6. The van der Waals surface area contributed by atoms with Gasteiger partial charge in [-0.15, -0.1) is 0 Å². The number of nitrogen functional groups attached to an aromatic ring is 1. The van der Waals surface area contributed by atoms with Crippen molar-refractivity contribution in [2.24, 2.45) is 0 Å². The molecule has 10 heteroatoms. The Morgan fingerprint density at radius 3 is 2.02 bits per heavy atom. The maximum atomic E-state index is 12.6. The minimum Gasteiger partial charge on any atom is -0.496 e. The third kappa shape index (κ3) is 7.53. The molecule has 0 bridgehead atoms. The molecule has 5 aromatic rings. The van der Waals surface area contributed by atoms with E-state index >= 15 is 0 Å². The monoisotopic (exact) mass is 678 g/mol. The van der Waals surface area contributed by atoms with Gasteiger partial charge in [-0.1, -0.05) is 29.4 Å². The van der Waals surface area contributed by atoms with Crippen LogP contribution in [0.2, 0.25) is 0 Å². The molecule has 0 atom stereocenters. The number of hydrogen-bond donors (Lipinski definition) is 2. The maximum absolute atomic E-state index is 12.6. The van der Waals surface area contributed by atoms with Gasteiger partial charge in [0.15, 0.2) is 0 Å². The van der Waals surface area contributed by atoms with E-state index in [9.17, 15) is 4.79 Å². The van der Waals surface area contributed by atoms with Crippen LogP contribution in [0.1, 0.15) is 21.8 Å². The number of ether oxygens (including phenoxy) is 2. The Balaban J connectivity index is 0.000000328. The first-order valence-electron chi connectivity index (χ1n) is 12.4. The van der Waals surface area contributed by atoms with E-state index in [2.05, 4.69) is 47.3 Å². The summed E-state index contributed by atoms with van der Waals surface area (Å²) < 4.78 is 16.9. The minimum atomic E-state index is -0.178. The molecular weight excluding hydrogens is 652 g/mol. The van der Waals surface area contributed by atoms with Crippen LogP contribution >= 0.6 is 31.9 Å². The summed E-state index contributed by atoms with van der Waals surface area (Å²) in [5.41, 5.74) is 11.6. The van der Waals surface area contributed by atoms with Crippen molar-refractivity contribution < 1.29 is 18.8 Å². The van der Waals surface area contributed by atoms with Gasteiger partial charge in [0.1, 0.15) is 11.5 Å². The fraction of sp³-hybridized carbons (Fsp3) is 0.129. The standard InChI is InChI=1S/C24H20BrN3O3.C7H8BrNO/c1-14-12-18(23-26-15(2)31-28-23)8-10-20(14)16-4-6-17(7-5-16)24(29)27-19-9-11-22(30-3)21(25)13-19;1-10-7-3-2-5(9)4-6(7)8/h4-13H,1-3H3,(H,27,29);2-4H,9H2,1H3. The first-order chi connectivity index (χ1) is 19.7. The highest BCUT2D eigenvalue weighted by Gasteiger charge is 2.11. The number of amides is 1. The second kappa shape index (κ2) is 13.5. The third-order valence-corrected chi connectivity index (χ3v) is 7.30. The van der Waals surface area contributed by atoms with E-state index < -0.39 is 0 Å². The average molecular weight is 680 g/mol. The zero-order valence-corrected chi connectivity index (χ0v) is 26.0. The Bertz CT molecular complexity index is 1670. The smallest absolute Gasteiger partial charge is 0.255 e. The molecule has 0 aliphatic carbocycles. The molecule has 0 saturated carbocycles. The number of methoxy groups -OCH3 is 2. The highest BCUT2D eigenvalue weighted by Crippen LogP contribution is 2.30. The minimum absolute atomic E-state index is 0.178. The van der Waals surface area contributed by atoms with Crippen molar-refractivity contribution in [3.05, 3.63) is 105 Å². The van der Waals surface area contributed by atoms with Crippen molar-refractivity contribution in [3.63, 3.8) is 0 Å². The normalized spacial score (nSPS) is 10.4. The van der Waals surface area contributed by atoms with E-state index in [0.29, 0.717) is 28.7 Å². The molecule has 0 fully saturated rings. The number of aromatic nitrogens is 2. The van der Waals surface area contributed by atoms with Crippen LogP contribution in [-0.2, 0) is 0 Å². The number of nitrogens with one attached hydrogen (secondary N) is 1. The predicted octanol–water partition coefficient (Wildman–Crippen LogP) is 8.08. The van der Waals surface area contributed by atoms with Gasteiger partial charge in [-0.2, -0.15) is 4.98 Å². The van der Waals surface area contributed by atoms with Crippen molar-refractivity contribution in [1.29, 1.82) is 0 Å². The van der Waals surface area contributed by atoms with Gasteiger partial charge in [-0.25, -0.2) is 0 Å². The van der Waals surface area contributed by atoms with E-state index in [-0.39, 0.29) is 5.91 Å². The zero-order chi connectivity index (χ0) is 29.5. The number of aryl methyl sites for hydroxylation is 2. The molecule has 1 heterocycles. The van der Waals surface area contributed by atoms with Crippen molar-refractivity contribution in [3.8, 4) is 34.0 Å². The van der Waals surface area contributed by atoms with Gasteiger partial charge >= 0.3 is 0 Å². The van der Waals surface area contributed by atoms with E-state index in [4.69, 9.17) is 19.7 Å². The lowest BCUT2D eigenvalue weighted by molar-refractivity contribution is 0.102. The number of benzene rings is 4. The quantitative estimate of drug-likeness (QED) is 0.175. The lowest BCUT2D eigenvalue weighted by Gasteiger charge is -2.10. The van der Waals surface area contributed by atoms with Crippen LogP contribution in [0, 0.1) is 13.8 Å². The molecule has 8 nitrogen and oxygen atoms in total. The van der Waals surface area contributed by atoms with Gasteiger partial charge in [0.05, 0.1) is 23.2 Å². The zero-order valence-electron chi connectivity index (χ0n) is 22.9. The lowest BCUT2D eigenvalue weighted by Crippen LogP contribution is -2.11. The van der Waals surface area contributed by atoms with Crippen LogP contribution in [0.25, 0.3) is 22.5 Å². The molecule has 1 aromatic heterocycles. The van der Waals surface area contributed by atoms with Crippen LogP contribution < -0.4 is 20.5 Å². The molecule has 0 radical (unpaired) electrons. The van der Waals surface area contributed by atoms with Gasteiger partial charge in [0, 0.05) is 29.4 Å². The van der Waals surface area contributed by atoms with Crippen molar-refractivity contribution in [2.45, 2.75) is 13.8 Å². The maximum Gasteiger partial charge on any atom is 0.255 e. The summed E-state index contributed by atoms with van der Waals surface area (Å²) in [7, 11) is 3.22. The van der Waals surface area contributed by atoms with Gasteiger partial charge < -0.3 is 25.0 Å². The fourth-order valence-corrected chi connectivity index (χ4v) is 5.07. The summed E-state index contributed by atoms with van der Waals surface area (Å²) in [6, 6.07) is 24.4. The van der Waals surface area contributed by atoms with Crippen LogP contribution in [0.4, 0.5) is 11.4 Å².